The van der Waals surface area contributed by atoms with Gasteiger partial charge in [0.15, 0.2) is 0 Å². The van der Waals surface area contributed by atoms with Gasteiger partial charge >= 0.3 is 7.32 Å². The molecule has 11 heavy (non-hydrogen) atoms. The van der Waals surface area contributed by atoms with E-state index in [4.69, 9.17) is 19.8 Å². The number of hydrogen-bond acceptors (Lipinski definition) is 5. The minimum absolute atomic E-state index is 0.913. The number of ether oxygens (including phenoxy) is 1. The third-order valence-electron chi connectivity index (χ3n) is 1.23. The molecular formula is C5H14BNO4. The van der Waals surface area contributed by atoms with Crippen molar-refractivity contribution in [1.29, 1.82) is 0 Å². The van der Waals surface area contributed by atoms with E-state index < -0.39 is 7.32 Å². The first-order valence-electron chi connectivity index (χ1n) is 3.43. The van der Waals surface area contributed by atoms with Crippen molar-refractivity contribution >= 4 is 7.32 Å². The second kappa shape index (κ2) is 6.57. The molecule has 0 aliphatic carbocycles. The number of likely N-dealkylation sites (N-methyl/N-ethyl adjacent to an activating group) is 1. The smallest absolute Gasteiger partial charge is 0.402 e. The fourth-order valence-corrected chi connectivity index (χ4v) is 0.655. The van der Waals surface area contributed by atoms with Crippen molar-refractivity contribution < 1.29 is 19.8 Å². The van der Waals surface area contributed by atoms with Gasteiger partial charge in [0.25, 0.3) is 0 Å². The van der Waals surface area contributed by atoms with E-state index in [2.05, 4.69) is 11.9 Å². The van der Waals surface area contributed by atoms with Crippen molar-refractivity contribution in [3.63, 3.8) is 0 Å². The first-order valence-corrected chi connectivity index (χ1v) is 3.43. The van der Waals surface area contributed by atoms with E-state index in [0.717, 1.165) is 26.3 Å². The molecule has 0 aromatic heterocycles. The van der Waals surface area contributed by atoms with Gasteiger partial charge in [-0.25, -0.2) is 0 Å². The largest absolute Gasteiger partial charge is 0.631 e. The lowest BCUT2D eigenvalue weighted by atomic mass is 10.3. The summed E-state index contributed by atoms with van der Waals surface area (Å²) in [5, 5.41) is 21.5. The third-order valence-corrected chi connectivity index (χ3v) is 1.23. The van der Waals surface area contributed by atoms with Crippen molar-refractivity contribution in [1.82, 2.24) is 4.90 Å². The standard InChI is InChI=1S/C5H11NO.BH3O3/c1-6-2-4-7-5-3-6;2-1(3)4/h2-5H2,1H3;2-4H. The highest BCUT2D eigenvalue weighted by atomic mass is 16.5. The topological polar surface area (TPSA) is 73.2 Å². The second-order valence-corrected chi connectivity index (χ2v) is 2.26. The number of rotatable bonds is 0. The monoisotopic (exact) mass is 163 g/mol. The van der Waals surface area contributed by atoms with Gasteiger partial charge in [0, 0.05) is 13.1 Å². The molecule has 0 aromatic rings. The fourth-order valence-electron chi connectivity index (χ4n) is 0.655. The molecule has 0 saturated carbocycles. The van der Waals surface area contributed by atoms with Crippen LogP contribution in [0.25, 0.3) is 0 Å². The summed E-state index contributed by atoms with van der Waals surface area (Å²) < 4.78 is 5.10. The number of morpholine rings is 1. The molecule has 1 heterocycles. The van der Waals surface area contributed by atoms with Crippen LogP contribution in [0.5, 0.6) is 0 Å². The highest BCUT2D eigenvalue weighted by molar-refractivity contribution is 6.30. The summed E-state index contributed by atoms with van der Waals surface area (Å²) in [5.74, 6) is 0. The van der Waals surface area contributed by atoms with Crippen LogP contribution in [0.3, 0.4) is 0 Å². The van der Waals surface area contributed by atoms with Crippen LogP contribution in [-0.4, -0.2) is 60.6 Å². The molecule has 1 saturated heterocycles. The Bertz CT molecular complexity index is 83.8. The zero-order valence-corrected chi connectivity index (χ0v) is 6.60. The van der Waals surface area contributed by atoms with Gasteiger partial charge in [-0.15, -0.1) is 0 Å². The van der Waals surface area contributed by atoms with Crippen LogP contribution in [0.2, 0.25) is 0 Å². The summed E-state index contributed by atoms with van der Waals surface area (Å²) in [7, 11) is -0.0531. The highest BCUT2D eigenvalue weighted by Crippen LogP contribution is 1.89. The summed E-state index contributed by atoms with van der Waals surface area (Å²) in [4.78, 5) is 2.27. The lowest BCUT2D eigenvalue weighted by Gasteiger charge is -2.21. The average molecular weight is 163 g/mol. The Kier molecular flexibility index (Phi) is 6.49. The van der Waals surface area contributed by atoms with Crippen LogP contribution in [-0.2, 0) is 4.74 Å². The molecule has 0 amide bonds. The van der Waals surface area contributed by atoms with Crippen molar-refractivity contribution in [3.8, 4) is 0 Å². The molecule has 0 unspecified atom stereocenters. The lowest BCUT2D eigenvalue weighted by Crippen LogP contribution is -2.32. The molecule has 5 nitrogen and oxygen atoms in total. The summed E-state index contributed by atoms with van der Waals surface area (Å²) in [6, 6.07) is 0. The minimum Gasteiger partial charge on any atom is -0.402 e. The van der Waals surface area contributed by atoms with Crippen molar-refractivity contribution in [3.05, 3.63) is 0 Å². The lowest BCUT2D eigenvalue weighted by molar-refractivity contribution is 0.0503. The van der Waals surface area contributed by atoms with Crippen LogP contribution >= 0.6 is 0 Å². The van der Waals surface area contributed by atoms with Gasteiger partial charge in [-0.2, -0.15) is 0 Å². The predicted molar refractivity (Wildman–Crippen MR) is 40.7 cm³/mol. The van der Waals surface area contributed by atoms with Crippen LogP contribution in [0.1, 0.15) is 0 Å². The van der Waals surface area contributed by atoms with E-state index in [1.807, 2.05) is 0 Å². The summed E-state index contributed by atoms with van der Waals surface area (Å²) in [6.07, 6.45) is 0. The SMILES string of the molecule is CN1CCOCC1.OB(O)O. The van der Waals surface area contributed by atoms with Crippen molar-refractivity contribution in [2.75, 3.05) is 33.4 Å². The van der Waals surface area contributed by atoms with Crippen molar-refractivity contribution in [2.24, 2.45) is 0 Å². The van der Waals surface area contributed by atoms with E-state index >= 15 is 0 Å². The minimum atomic E-state index is -2.17. The van der Waals surface area contributed by atoms with Crippen LogP contribution in [0.15, 0.2) is 0 Å². The van der Waals surface area contributed by atoms with Crippen LogP contribution < -0.4 is 0 Å². The van der Waals surface area contributed by atoms with Gasteiger partial charge in [0.1, 0.15) is 0 Å². The maximum absolute atomic E-state index is 7.17. The summed E-state index contributed by atoms with van der Waals surface area (Å²) >= 11 is 0. The molecule has 1 aliphatic heterocycles. The van der Waals surface area contributed by atoms with E-state index in [-0.39, 0.29) is 0 Å². The van der Waals surface area contributed by atoms with E-state index in [9.17, 15) is 0 Å². The zero-order valence-electron chi connectivity index (χ0n) is 6.60. The Hall–Kier alpha value is -0.135. The molecule has 0 aromatic carbocycles. The first-order chi connectivity index (χ1) is 5.13. The average Bonchev–Trinajstić information content (AvgIpc) is 1.87. The molecule has 1 fully saturated rings. The Morgan fingerprint density at radius 2 is 1.55 bits per heavy atom. The summed E-state index contributed by atoms with van der Waals surface area (Å²) in [5.41, 5.74) is 0. The van der Waals surface area contributed by atoms with Crippen molar-refractivity contribution in [2.45, 2.75) is 0 Å². The number of nitrogens with zero attached hydrogens (tertiary/aromatic N) is 1. The van der Waals surface area contributed by atoms with Gasteiger partial charge in [-0.05, 0) is 7.05 Å². The van der Waals surface area contributed by atoms with Gasteiger partial charge in [0.2, 0.25) is 0 Å². The fraction of sp³-hybridized carbons (Fsp3) is 1.00. The molecule has 0 bridgehead atoms. The maximum Gasteiger partial charge on any atom is 0.631 e. The van der Waals surface area contributed by atoms with E-state index in [1.165, 1.54) is 0 Å². The van der Waals surface area contributed by atoms with E-state index in [1.54, 1.807) is 0 Å². The molecule has 1 aliphatic rings. The maximum atomic E-state index is 7.17. The van der Waals surface area contributed by atoms with Crippen LogP contribution in [0.4, 0.5) is 0 Å². The van der Waals surface area contributed by atoms with Gasteiger partial charge in [-0.1, -0.05) is 0 Å². The zero-order chi connectivity index (χ0) is 8.69. The summed E-state index contributed by atoms with van der Waals surface area (Å²) in [6.45, 7) is 4.02. The second-order valence-electron chi connectivity index (χ2n) is 2.26. The van der Waals surface area contributed by atoms with Gasteiger partial charge < -0.3 is 24.7 Å². The Balaban J connectivity index is 0.000000218. The predicted octanol–water partition coefficient (Wildman–Crippen LogP) is -2.10. The first kappa shape index (κ1) is 10.9. The normalized spacial score (nSPS) is 18.5. The molecule has 66 valence electrons. The Morgan fingerprint density at radius 3 is 1.73 bits per heavy atom. The molecule has 6 heteroatoms. The van der Waals surface area contributed by atoms with Gasteiger partial charge in [-0.3, -0.25) is 0 Å². The Labute approximate surface area is 66.4 Å². The molecule has 3 N–H and O–H groups in total. The van der Waals surface area contributed by atoms with Crippen LogP contribution in [0, 0.1) is 0 Å². The number of hydrogen-bond donors (Lipinski definition) is 3. The molecule has 0 atom stereocenters. The molecule has 0 radical (unpaired) electrons. The van der Waals surface area contributed by atoms with E-state index in [0.29, 0.717) is 0 Å². The highest BCUT2D eigenvalue weighted by Gasteiger charge is 2.02. The van der Waals surface area contributed by atoms with Gasteiger partial charge in [0.05, 0.1) is 13.2 Å². The molecule has 0 spiro atoms. The molecular weight excluding hydrogens is 149 g/mol. The third kappa shape index (κ3) is 9.86. The Morgan fingerprint density at radius 1 is 1.18 bits per heavy atom. The molecule has 1 rings (SSSR count). The quantitative estimate of drug-likeness (QED) is 0.356.